The molecular formula is C15H17FN2O2S. The van der Waals surface area contributed by atoms with Gasteiger partial charge in [0.15, 0.2) is 0 Å². The maximum absolute atomic E-state index is 13.5. The van der Waals surface area contributed by atoms with Crippen molar-refractivity contribution in [2.75, 3.05) is 10.5 Å². The zero-order chi connectivity index (χ0) is 15.8. The molecule has 0 atom stereocenters. The van der Waals surface area contributed by atoms with Gasteiger partial charge in [-0.15, -0.1) is 0 Å². The van der Waals surface area contributed by atoms with E-state index in [2.05, 4.69) is 4.72 Å². The molecule has 0 saturated carbocycles. The van der Waals surface area contributed by atoms with Crippen molar-refractivity contribution in [2.45, 2.75) is 25.7 Å². The van der Waals surface area contributed by atoms with E-state index in [0.29, 0.717) is 5.69 Å². The van der Waals surface area contributed by atoms with Gasteiger partial charge in [0.25, 0.3) is 10.0 Å². The van der Waals surface area contributed by atoms with E-state index in [0.717, 1.165) is 17.2 Å². The number of hydrogen-bond donors (Lipinski definition) is 2. The highest BCUT2D eigenvalue weighted by Gasteiger charge is 2.19. The van der Waals surface area contributed by atoms with E-state index >= 15 is 0 Å². The summed E-state index contributed by atoms with van der Waals surface area (Å²) >= 11 is 0. The molecule has 21 heavy (non-hydrogen) atoms. The van der Waals surface area contributed by atoms with E-state index < -0.39 is 15.8 Å². The van der Waals surface area contributed by atoms with E-state index in [-0.39, 0.29) is 16.1 Å². The third kappa shape index (κ3) is 3.00. The molecule has 0 radical (unpaired) electrons. The number of rotatable bonds is 3. The minimum Gasteiger partial charge on any atom is -0.396 e. The van der Waals surface area contributed by atoms with Crippen LogP contribution < -0.4 is 10.5 Å². The van der Waals surface area contributed by atoms with Crippen molar-refractivity contribution in [2.24, 2.45) is 0 Å². The lowest BCUT2D eigenvalue weighted by atomic mass is 10.1. The SMILES string of the molecule is Cc1cc(S(=O)(=O)Nc2c(C)cccc2C)cc(N)c1F. The predicted octanol–water partition coefficient (Wildman–Crippen LogP) is 3.13. The van der Waals surface area contributed by atoms with Crippen LogP contribution in [0.3, 0.4) is 0 Å². The number of nitrogens with two attached hydrogens (primary N) is 1. The summed E-state index contributed by atoms with van der Waals surface area (Å²) in [6.45, 7) is 5.11. The Labute approximate surface area is 123 Å². The molecule has 0 saturated heterocycles. The average Bonchev–Trinajstić information content (AvgIpc) is 2.40. The summed E-state index contributed by atoms with van der Waals surface area (Å²) in [6.07, 6.45) is 0. The molecular weight excluding hydrogens is 291 g/mol. The molecule has 2 aromatic carbocycles. The standard InChI is InChI=1S/C15H17FN2O2S/c1-9-5-4-6-10(2)15(9)18-21(19,20)12-7-11(3)14(16)13(17)8-12/h4-8,18H,17H2,1-3H3. The van der Waals surface area contributed by atoms with Crippen LogP contribution in [0.25, 0.3) is 0 Å². The Balaban J connectivity index is 2.49. The molecule has 0 spiro atoms. The summed E-state index contributed by atoms with van der Waals surface area (Å²) in [5.74, 6) is -0.596. The molecule has 0 aromatic heterocycles. The van der Waals surface area contributed by atoms with Crippen LogP contribution in [-0.4, -0.2) is 8.42 Å². The van der Waals surface area contributed by atoms with Crippen LogP contribution in [0.15, 0.2) is 35.2 Å². The number of nitrogens with one attached hydrogen (secondary N) is 1. The van der Waals surface area contributed by atoms with Gasteiger partial charge in [0.2, 0.25) is 0 Å². The minimum absolute atomic E-state index is 0.0541. The van der Waals surface area contributed by atoms with Crippen LogP contribution in [0.2, 0.25) is 0 Å². The van der Waals surface area contributed by atoms with Crippen LogP contribution in [0.1, 0.15) is 16.7 Å². The van der Waals surface area contributed by atoms with Gasteiger partial charge in [-0.1, -0.05) is 18.2 Å². The Hall–Kier alpha value is -2.08. The van der Waals surface area contributed by atoms with Gasteiger partial charge in [0.1, 0.15) is 5.82 Å². The van der Waals surface area contributed by atoms with Gasteiger partial charge >= 0.3 is 0 Å². The monoisotopic (exact) mass is 308 g/mol. The van der Waals surface area contributed by atoms with Crippen molar-refractivity contribution < 1.29 is 12.8 Å². The van der Waals surface area contributed by atoms with Gasteiger partial charge in [0.05, 0.1) is 16.3 Å². The highest BCUT2D eigenvalue weighted by atomic mass is 32.2. The van der Waals surface area contributed by atoms with Gasteiger partial charge in [-0.05, 0) is 49.6 Å². The molecule has 6 heteroatoms. The third-order valence-corrected chi connectivity index (χ3v) is 4.61. The molecule has 2 rings (SSSR count). The number of para-hydroxylation sites is 1. The smallest absolute Gasteiger partial charge is 0.261 e. The molecule has 0 bridgehead atoms. The van der Waals surface area contributed by atoms with Crippen molar-refractivity contribution in [3.05, 3.63) is 52.8 Å². The van der Waals surface area contributed by atoms with Crippen LogP contribution in [-0.2, 0) is 10.0 Å². The highest BCUT2D eigenvalue weighted by molar-refractivity contribution is 7.92. The number of benzene rings is 2. The summed E-state index contributed by atoms with van der Waals surface area (Å²) in [4.78, 5) is -0.0541. The Morgan fingerprint density at radius 1 is 1.05 bits per heavy atom. The van der Waals surface area contributed by atoms with Crippen molar-refractivity contribution in [1.82, 2.24) is 0 Å². The Kier molecular flexibility index (Phi) is 3.91. The lowest BCUT2D eigenvalue weighted by molar-refractivity contribution is 0.599. The van der Waals surface area contributed by atoms with Crippen molar-refractivity contribution in [3.8, 4) is 0 Å². The number of aryl methyl sites for hydroxylation is 3. The molecule has 0 aliphatic carbocycles. The topological polar surface area (TPSA) is 72.2 Å². The second-order valence-corrected chi connectivity index (χ2v) is 6.70. The molecule has 2 aromatic rings. The Bertz CT molecular complexity index is 758. The first-order valence-electron chi connectivity index (χ1n) is 6.37. The zero-order valence-corrected chi connectivity index (χ0v) is 12.9. The molecule has 0 aliphatic heterocycles. The predicted molar refractivity (Wildman–Crippen MR) is 82.3 cm³/mol. The third-order valence-electron chi connectivity index (χ3n) is 3.28. The lowest BCUT2D eigenvalue weighted by Gasteiger charge is -2.14. The maximum atomic E-state index is 13.5. The molecule has 112 valence electrons. The van der Waals surface area contributed by atoms with Crippen molar-refractivity contribution in [3.63, 3.8) is 0 Å². The van der Waals surface area contributed by atoms with Crippen LogP contribution >= 0.6 is 0 Å². The summed E-state index contributed by atoms with van der Waals surface area (Å²) in [6, 6.07) is 7.87. The van der Waals surface area contributed by atoms with E-state index in [4.69, 9.17) is 5.73 Å². The number of nitrogen functional groups attached to an aromatic ring is 1. The fourth-order valence-corrected chi connectivity index (χ4v) is 3.41. The van der Waals surface area contributed by atoms with E-state index in [1.807, 2.05) is 32.0 Å². The summed E-state index contributed by atoms with van der Waals surface area (Å²) in [7, 11) is -3.82. The summed E-state index contributed by atoms with van der Waals surface area (Å²) < 4.78 is 40.9. The molecule has 0 fully saturated rings. The first kappa shape index (κ1) is 15.3. The van der Waals surface area contributed by atoms with E-state index in [9.17, 15) is 12.8 Å². The van der Waals surface area contributed by atoms with Gasteiger partial charge < -0.3 is 5.73 Å². The minimum atomic E-state index is -3.82. The first-order chi connectivity index (χ1) is 9.72. The number of anilines is 2. The Morgan fingerprint density at radius 3 is 2.14 bits per heavy atom. The molecule has 3 N–H and O–H groups in total. The van der Waals surface area contributed by atoms with Crippen LogP contribution in [0.5, 0.6) is 0 Å². The van der Waals surface area contributed by atoms with Gasteiger partial charge in [-0.2, -0.15) is 0 Å². The van der Waals surface area contributed by atoms with Crippen LogP contribution in [0, 0.1) is 26.6 Å². The second kappa shape index (κ2) is 5.37. The van der Waals surface area contributed by atoms with Gasteiger partial charge in [0, 0.05) is 0 Å². The van der Waals surface area contributed by atoms with Gasteiger partial charge in [-0.3, -0.25) is 4.72 Å². The lowest BCUT2D eigenvalue weighted by Crippen LogP contribution is -2.15. The average molecular weight is 308 g/mol. The number of halogens is 1. The fourth-order valence-electron chi connectivity index (χ4n) is 2.09. The largest absolute Gasteiger partial charge is 0.396 e. The molecule has 0 aliphatic rings. The highest BCUT2D eigenvalue weighted by Crippen LogP contribution is 2.26. The van der Waals surface area contributed by atoms with Gasteiger partial charge in [-0.25, -0.2) is 12.8 Å². The summed E-state index contributed by atoms with van der Waals surface area (Å²) in [5.41, 5.74) is 7.66. The molecule has 0 amide bonds. The quantitative estimate of drug-likeness (QED) is 0.856. The molecule has 0 heterocycles. The Morgan fingerprint density at radius 2 is 1.62 bits per heavy atom. The van der Waals surface area contributed by atoms with E-state index in [1.54, 1.807) is 0 Å². The van der Waals surface area contributed by atoms with Crippen molar-refractivity contribution in [1.29, 1.82) is 0 Å². The zero-order valence-electron chi connectivity index (χ0n) is 12.1. The molecule has 0 unspecified atom stereocenters. The van der Waals surface area contributed by atoms with E-state index in [1.165, 1.54) is 13.0 Å². The maximum Gasteiger partial charge on any atom is 0.261 e. The first-order valence-corrected chi connectivity index (χ1v) is 7.85. The van der Waals surface area contributed by atoms with Crippen molar-refractivity contribution >= 4 is 21.4 Å². The number of sulfonamides is 1. The number of hydrogen-bond acceptors (Lipinski definition) is 3. The molecule has 4 nitrogen and oxygen atoms in total. The fraction of sp³-hybridized carbons (Fsp3) is 0.200. The second-order valence-electron chi connectivity index (χ2n) is 5.02. The normalized spacial score (nSPS) is 11.4. The van der Waals surface area contributed by atoms with Crippen LogP contribution in [0.4, 0.5) is 15.8 Å². The summed E-state index contributed by atoms with van der Waals surface area (Å²) in [5, 5.41) is 0.